The van der Waals surface area contributed by atoms with E-state index in [1.54, 1.807) is 62.0 Å². The quantitative estimate of drug-likeness (QED) is 0.104. The first kappa shape index (κ1) is 73.3. The van der Waals surface area contributed by atoms with E-state index in [4.69, 9.17) is 58.1 Å². The molecule has 592 valence electrons. The number of para-hydroxylation sites is 3. The lowest BCUT2D eigenvalue weighted by molar-refractivity contribution is 0.622. The van der Waals surface area contributed by atoms with Crippen molar-refractivity contribution in [3.05, 3.63) is 390 Å². The van der Waals surface area contributed by atoms with Gasteiger partial charge in [0.05, 0.1) is 66.3 Å². The van der Waals surface area contributed by atoms with Crippen molar-refractivity contribution >= 4 is 98.7 Å². The molecule has 0 aliphatic carbocycles. The Morgan fingerprint density at radius 2 is 0.540 bits per heavy atom. The van der Waals surface area contributed by atoms with Crippen molar-refractivity contribution in [1.29, 1.82) is 0 Å². The zero-order valence-electron chi connectivity index (χ0n) is 66.7. The van der Waals surface area contributed by atoms with Gasteiger partial charge in [0, 0.05) is 152 Å². The minimum atomic E-state index is 0.502. The molecule has 0 aliphatic heterocycles. The average molecular weight is 1630 g/mol. The SMILES string of the molecule is c1ccc(-c2nc3ccc4c(c5ccccc5n4-c4cc(-c5ccncc5)nc(-c5ccncc5)n4)c3o2)cc1.c1ccc(-c2nc3ccc4c(c5ccccc5n4-c4cccc(-c5cc(-c6ccncc6)cc(-c6ccncc6)n5)c4)c3o2)cc1.c1ccc(-c2nc3ccc4c(c5ccccc5n4-c4nc(-c5ccncc5)nc(-c5ccncc5)n4)c3o2)cc1. The Morgan fingerprint density at radius 1 is 0.198 bits per heavy atom. The summed E-state index contributed by atoms with van der Waals surface area (Å²) in [4.78, 5) is 69.4. The van der Waals surface area contributed by atoms with Gasteiger partial charge in [-0.2, -0.15) is 9.97 Å². The van der Waals surface area contributed by atoms with E-state index >= 15 is 0 Å². The fraction of sp³-hybridized carbons (Fsp3) is 0. The summed E-state index contributed by atoms with van der Waals surface area (Å²) in [6, 6.07) is 105. The molecular weight excluding hydrogens is 1560 g/mol. The summed E-state index contributed by atoms with van der Waals surface area (Å²) in [5, 5.41) is 6.20. The van der Waals surface area contributed by atoms with Crippen LogP contribution in [0.3, 0.4) is 0 Å². The first-order valence-corrected chi connectivity index (χ1v) is 40.8. The predicted molar refractivity (Wildman–Crippen MR) is 493 cm³/mol. The molecule has 0 saturated carbocycles. The van der Waals surface area contributed by atoms with Crippen LogP contribution in [0.2, 0.25) is 0 Å². The van der Waals surface area contributed by atoms with Gasteiger partial charge < -0.3 is 17.8 Å². The fourth-order valence-electron chi connectivity index (χ4n) is 16.6. The third-order valence-electron chi connectivity index (χ3n) is 22.4. The zero-order chi connectivity index (χ0) is 83.4. The summed E-state index contributed by atoms with van der Waals surface area (Å²) < 4.78 is 25.9. The van der Waals surface area contributed by atoms with Crippen LogP contribution in [0.1, 0.15) is 0 Å². The van der Waals surface area contributed by atoms with Crippen LogP contribution in [0, 0.1) is 0 Å². The molecule has 21 heteroatoms. The van der Waals surface area contributed by atoms with Crippen LogP contribution in [0.5, 0.6) is 0 Å². The molecule has 15 aromatic heterocycles. The Hall–Kier alpha value is -17.9. The first-order valence-electron chi connectivity index (χ1n) is 40.8. The monoisotopic (exact) mass is 1620 g/mol. The van der Waals surface area contributed by atoms with Gasteiger partial charge in [0.1, 0.15) is 22.4 Å². The number of fused-ring (bicyclic) bond motifs is 15. The molecule has 0 bridgehead atoms. The van der Waals surface area contributed by atoms with E-state index in [9.17, 15) is 0 Å². The second-order valence-corrected chi connectivity index (χ2v) is 29.9. The van der Waals surface area contributed by atoms with Crippen LogP contribution >= 0.6 is 0 Å². The van der Waals surface area contributed by atoms with Crippen LogP contribution in [0.4, 0.5) is 0 Å². The lowest BCUT2D eigenvalue weighted by atomic mass is 10.0. The van der Waals surface area contributed by atoms with E-state index in [1.165, 1.54) is 0 Å². The minimum Gasteiger partial charge on any atom is -0.435 e. The molecule has 21 nitrogen and oxygen atoms in total. The Balaban J connectivity index is 0.000000109. The van der Waals surface area contributed by atoms with E-state index in [-0.39, 0.29) is 0 Å². The number of oxazole rings is 3. The molecule has 126 heavy (non-hydrogen) atoms. The zero-order valence-corrected chi connectivity index (χ0v) is 66.7. The molecule has 25 aromatic rings. The van der Waals surface area contributed by atoms with Gasteiger partial charge in [-0.3, -0.25) is 39.0 Å². The molecule has 10 aromatic carbocycles. The summed E-state index contributed by atoms with van der Waals surface area (Å²) in [7, 11) is 0. The lowest BCUT2D eigenvalue weighted by Crippen LogP contribution is -2.06. The third-order valence-corrected chi connectivity index (χ3v) is 22.4. The molecule has 25 rings (SSSR count). The number of benzene rings is 10. The molecule has 0 N–H and O–H groups in total. The molecular formula is C105H64N18O3. The molecule has 0 aliphatic rings. The number of hydrogen-bond donors (Lipinski definition) is 0. The van der Waals surface area contributed by atoms with Gasteiger partial charge >= 0.3 is 0 Å². The Labute approximate surface area is 716 Å². The third kappa shape index (κ3) is 13.4. The molecule has 0 fully saturated rings. The normalized spacial score (nSPS) is 11.5. The molecule has 0 atom stereocenters. The number of nitrogens with zero attached hydrogens (tertiary/aromatic N) is 18. The molecule has 0 saturated heterocycles. The highest BCUT2D eigenvalue weighted by Crippen LogP contribution is 2.44. The molecule has 0 amide bonds. The van der Waals surface area contributed by atoms with Gasteiger partial charge in [0.15, 0.2) is 34.2 Å². The van der Waals surface area contributed by atoms with Gasteiger partial charge in [-0.1, -0.05) is 121 Å². The van der Waals surface area contributed by atoms with E-state index in [0.717, 1.165) is 189 Å². The Morgan fingerprint density at radius 3 is 0.976 bits per heavy atom. The highest BCUT2D eigenvalue weighted by molar-refractivity contribution is 6.22. The second-order valence-electron chi connectivity index (χ2n) is 29.9. The molecule has 0 spiro atoms. The van der Waals surface area contributed by atoms with Crippen molar-refractivity contribution in [2.24, 2.45) is 0 Å². The summed E-state index contributed by atoms with van der Waals surface area (Å²) in [5.41, 5.74) is 24.9. The van der Waals surface area contributed by atoms with E-state index in [1.807, 2.05) is 225 Å². The van der Waals surface area contributed by atoms with E-state index < -0.39 is 0 Å². The first-order chi connectivity index (χ1) is 62.5. The average Bonchev–Trinajstić information content (AvgIpc) is 1.58. The summed E-state index contributed by atoms with van der Waals surface area (Å²) in [5.74, 6) is 4.78. The number of hydrogen-bond acceptors (Lipinski definition) is 18. The van der Waals surface area contributed by atoms with Gasteiger partial charge in [0.2, 0.25) is 23.6 Å². The van der Waals surface area contributed by atoms with Crippen molar-refractivity contribution in [3.8, 4) is 131 Å². The Kier molecular flexibility index (Phi) is 18.3. The maximum absolute atomic E-state index is 6.48. The van der Waals surface area contributed by atoms with Crippen LogP contribution in [-0.4, -0.2) is 88.5 Å². The molecule has 15 heterocycles. The molecule has 0 unspecified atom stereocenters. The summed E-state index contributed by atoms with van der Waals surface area (Å²) in [6.07, 6.45) is 21.2. The highest BCUT2D eigenvalue weighted by atomic mass is 16.4. The number of aromatic nitrogens is 18. The molecule has 0 radical (unpaired) electrons. The predicted octanol–water partition coefficient (Wildman–Crippen LogP) is 24.2. The van der Waals surface area contributed by atoms with E-state index in [0.29, 0.717) is 41.1 Å². The smallest absolute Gasteiger partial charge is 0.238 e. The van der Waals surface area contributed by atoms with Crippen molar-refractivity contribution in [1.82, 2.24) is 88.5 Å². The lowest BCUT2D eigenvalue weighted by Gasteiger charge is -2.12. The maximum atomic E-state index is 6.48. The second kappa shape index (κ2) is 31.4. The van der Waals surface area contributed by atoms with E-state index in [2.05, 4.69) is 147 Å². The standard InChI is InChI=1S/C40H25N5O.C33H20N6O.C32H19N7O/c1-2-7-28(8-3-1)40-44-33-13-14-37-38(39(33)46-40)32-11-4-5-12-36(32)45(37)31-10-6-9-29(23-31)35-25-30(26-15-19-41-20-16-26)24-34(43-35)27-17-21-42-22-18-27;1-2-6-23(7-3-1)33-37-25-10-11-28-30(31(25)40-33)24-8-4-5-9-27(24)39(28)29-20-26(21-12-16-34-17-13-21)36-32(38-29)22-14-18-35-19-15-22;1-2-6-22(7-3-1)31-35-24-10-11-26-27(28(24)40-31)23-8-4-5-9-25(23)39(26)32-37-29(20-12-16-33-17-13-20)36-30(38-32)21-14-18-34-19-15-21/h1-25H;1-20H;1-19H. The summed E-state index contributed by atoms with van der Waals surface area (Å²) in [6.45, 7) is 0. The van der Waals surface area contributed by atoms with Gasteiger partial charge in [-0.25, -0.2) is 34.9 Å². The van der Waals surface area contributed by atoms with Crippen LogP contribution in [0.25, 0.3) is 230 Å². The Bertz CT molecular complexity index is 7900. The van der Waals surface area contributed by atoms with Crippen molar-refractivity contribution in [2.75, 3.05) is 0 Å². The highest BCUT2D eigenvalue weighted by Gasteiger charge is 2.26. The minimum absolute atomic E-state index is 0.502. The van der Waals surface area contributed by atoms with Crippen molar-refractivity contribution < 1.29 is 13.3 Å². The van der Waals surface area contributed by atoms with Crippen LogP contribution in [0.15, 0.2) is 403 Å². The van der Waals surface area contributed by atoms with Crippen molar-refractivity contribution in [3.63, 3.8) is 0 Å². The van der Waals surface area contributed by atoms with Crippen LogP contribution < -0.4 is 0 Å². The summed E-state index contributed by atoms with van der Waals surface area (Å²) >= 11 is 0. The topological polar surface area (TPSA) is 248 Å². The van der Waals surface area contributed by atoms with Crippen molar-refractivity contribution in [2.45, 2.75) is 0 Å². The van der Waals surface area contributed by atoms with Crippen LogP contribution in [-0.2, 0) is 0 Å². The largest absolute Gasteiger partial charge is 0.435 e. The number of rotatable bonds is 13. The maximum Gasteiger partial charge on any atom is 0.238 e. The number of pyridine rings is 7. The van der Waals surface area contributed by atoms with Gasteiger partial charge in [0.25, 0.3) is 0 Å². The fourth-order valence-corrected chi connectivity index (χ4v) is 16.6. The van der Waals surface area contributed by atoms with Gasteiger partial charge in [-0.15, -0.1) is 0 Å². The van der Waals surface area contributed by atoms with Gasteiger partial charge in [-0.05, 0) is 199 Å².